The average Bonchev–Trinajstić information content (AvgIpc) is 2.65. The van der Waals surface area contributed by atoms with Gasteiger partial charge in [-0.25, -0.2) is 0 Å². The van der Waals surface area contributed by atoms with E-state index in [1.807, 2.05) is 12.1 Å². The maximum Gasteiger partial charge on any atom is 0.138 e. The number of rotatable bonds is 4. The van der Waals surface area contributed by atoms with E-state index in [0.29, 0.717) is 18.1 Å². The maximum atomic E-state index is 11.9. The first-order chi connectivity index (χ1) is 7.74. The molecule has 1 saturated carbocycles. The molecule has 3 heteroatoms. The first-order valence-electron chi connectivity index (χ1n) is 6.00. The Labute approximate surface area is 106 Å². The minimum absolute atomic E-state index is 0.380. The van der Waals surface area contributed by atoms with Gasteiger partial charge in [0.15, 0.2) is 0 Å². The Hall–Kier alpha value is -0.340. The summed E-state index contributed by atoms with van der Waals surface area (Å²) in [6.07, 6.45) is 7.81. The van der Waals surface area contributed by atoms with Gasteiger partial charge in [0.1, 0.15) is 5.78 Å². The van der Waals surface area contributed by atoms with E-state index in [-0.39, 0.29) is 0 Å². The van der Waals surface area contributed by atoms with Crippen LogP contribution in [0.5, 0.6) is 0 Å². The van der Waals surface area contributed by atoms with Crippen molar-refractivity contribution in [2.75, 3.05) is 0 Å². The lowest BCUT2D eigenvalue weighted by Gasteiger charge is -2.20. The summed E-state index contributed by atoms with van der Waals surface area (Å²) in [5, 5.41) is 0. The Morgan fingerprint density at radius 1 is 1.31 bits per heavy atom. The monoisotopic (exact) mass is 256 g/mol. The lowest BCUT2D eigenvalue weighted by molar-refractivity contribution is -0.119. The van der Waals surface area contributed by atoms with Crippen molar-refractivity contribution < 1.29 is 4.79 Å². The van der Waals surface area contributed by atoms with Crippen LogP contribution in [0.25, 0.3) is 0 Å². The van der Waals surface area contributed by atoms with E-state index in [1.165, 1.54) is 43.4 Å². The minimum Gasteiger partial charge on any atom is -0.299 e. The van der Waals surface area contributed by atoms with Gasteiger partial charge >= 0.3 is 0 Å². The Morgan fingerprint density at radius 2 is 2.06 bits per heavy atom. The van der Waals surface area contributed by atoms with E-state index < -0.39 is 0 Å². The molecule has 2 rings (SSSR count). The van der Waals surface area contributed by atoms with Gasteiger partial charge in [-0.05, 0) is 18.1 Å². The number of hydrogen-bond acceptors (Lipinski definition) is 2. The van der Waals surface area contributed by atoms with Crippen molar-refractivity contribution in [3.05, 3.63) is 21.3 Å². The normalized spacial score (nSPS) is 17.6. The van der Waals surface area contributed by atoms with Crippen LogP contribution < -0.4 is 0 Å². The second kappa shape index (κ2) is 5.83. The van der Waals surface area contributed by atoms with Crippen LogP contribution in [0.2, 0.25) is 4.34 Å². The number of halogens is 1. The molecule has 0 bridgehead atoms. The Bertz CT molecular complexity index is 353. The third kappa shape index (κ3) is 3.60. The highest BCUT2D eigenvalue weighted by Crippen LogP contribution is 2.28. The van der Waals surface area contributed by atoms with E-state index in [0.717, 1.165) is 15.6 Å². The van der Waals surface area contributed by atoms with E-state index in [1.54, 1.807) is 0 Å². The van der Waals surface area contributed by atoms with Crippen LogP contribution in [0.4, 0.5) is 0 Å². The summed E-state index contributed by atoms with van der Waals surface area (Å²) < 4.78 is 0.778. The van der Waals surface area contributed by atoms with E-state index >= 15 is 0 Å². The van der Waals surface area contributed by atoms with Crippen molar-refractivity contribution >= 4 is 28.7 Å². The van der Waals surface area contributed by atoms with Crippen LogP contribution in [0, 0.1) is 5.92 Å². The maximum absolute atomic E-state index is 11.9. The number of carbonyl (C=O) groups is 1. The zero-order valence-corrected chi connectivity index (χ0v) is 10.9. The molecule has 0 radical (unpaired) electrons. The highest BCUT2D eigenvalue weighted by atomic mass is 35.5. The van der Waals surface area contributed by atoms with Crippen LogP contribution in [0.3, 0.4) is 0 Å². The van der Waals surface area contributed by atoms with Crippen LogP contribution in [-0.2, 0) is 11.2 Å². The van der Waals surface area contributed by atoms with Gasteiger partial charge < -0.3 is 0 Å². The molecular weight excluding hydrogens is 240 g/mol. The molecular formula is C13H17ClOS. The van der Waals surface area contributed by atoms with Gasteiger partial charge in [-0.15, -0.1) is 11.3 Å². The fourth-order valence-corrected chi connectivity index (χ4v) is 3.54. The lowest BCUT2D eigenvalue weighted by atomic mass is 9.85. The second-order valence-corrected chi connectivity index (χ2v) is 6.43. The van der Waals surface area contributed by atoms with Crippen molar-refractivity contribution in [2.45, 2.75) is 44.9 Å². The van der Waals surface area contributed by atoms with Gasteiger partial charge in [0.2, 0.25) is 0 Å². The molecule has 1 heterocycles. The van der Waals surface area contributed by atoms with Crippen molar-refractivity contribution in [2.24, 2.45) is 5.92 Å². The van der Waals surface area contributed by atoms with Crippen molar-refractivity contribution in [3.8, 4) is 0 Å². The molecule has 1 nitrogen and oxygen atoms in total. The van der Waals surface area contributed by atoms with Gasteiger partial charge in [0.25, 0.3) is 0 Å². The molecule has 1 aromatic heterocycles. The molecule has 0 saturated heterocycles. The number of thiophene rings is 1. The van der Waals surface area contributed by atoms with Crippen LogP contribution in [0.1, 0.15) is 43.4 Å². The molecule has 0 N–H and O–H groups in total. The fourth-order valence-electron chi connectivity index (χ4n) is 2.43. The SMILES string of the molecule is O=C(Cc1ccc(Cl)s1)CC1CCCCC1. The Kier molecular flexibility index (Phi) is 4.42. The third-order valence-corrected chi connectivity index (χ3v) is 4.47. The lowest BCUT2D eigenvalue weighted by Crippen LogP contribution is -2.13. The van der Waals surface area contributed by atoms with Gasteiger partial charge in [0, 0.05) is 17.7 Å². The fraction of sp³-hybridized carbons (Fsp3) is 0.615. The number of carbonyl (C=O) groups excluding carboxylic acids is 1. The first-order valence-corrected chi connectivity index (χ1v) is 7.19. The number of ketones is 1. The first kappa shape index (κ1) is 12.1. The molecule has 1 aliphatic carbocycles. The van der Waals surface area contributed by atoms with E-state index in [2.05, 4.69) is 0 Å². The standard InChI is InChI=1S/C13H17ClOS/c14-13-7-6-12(16-13)9-11(15)8-10-4-2-1-3-5-10/h6-7,10H,1-5,8-9H2. The Morgan fingerprint density at radius 3 is 2.69 bits per heavy atom. The van der Waals surface area contributed by atoms with Gasteiger partial charge in [-0.2, -0.15) is 0 Å². The topological polar surface area (TPSA) is 17.1 Å². The number of Topliss-reactive ketones (excluding diaryl/α,β-unsaturated/α-hetero) is 1. The van der Waals surface area contributed by atoms with Gasteiger partial charge in [0.05, 0.1) is 4.34 Å². The summed E-state index contributed by atoms with van der Waals surface area (Å²) in [4.78, 5) is 13.0. The summed E-state index contributed by atoms with van der Waals surface area (Å²) in [5.41, 5.74) is 0. The molecule has 16 heavy (non-hydrogen) atoms. The van der Waals surface area contributed by atoms with Crippen molar-refractivity contribution in [1.82, 2.24) is 0 Å². The summed E-state index contributed by atoms with van der Waals surface area (Å²) >= 11 is 7.37. The average molecular weight is 257 g/mol. The van der Waals surface area contributed by atoms with Crippen LogP contribution >= 0.6 is 22.9 Å². The third-order valence-electron chi connectivity index (χ3n) is 3.24. The van der Waals surface area contributed by atoms with Crippen molar-refractivity contribution in [1.29, 1.82) is 0 Å². The number of hydrogen-bond donors (Lipinski definition) is 0. The summed E-state index contributed by atoms with van der Waals surface area (Å²) in [7, 11) is 0. The largest absolute Gasteiger partial charge is 0.299 e. The Balaban J connectivity index is 1.79. The summed E-state index contributed by atoms with van der Waals surface area (Å²) in [6, 6.07) is 3.83. The molecule has 0 amide bonds. The zero-order valence-electron chi connectivity index (χ0n) is 9.38. The van der Waals surface area contributed by atoms with Crippen LogP contribution in [-0.4, -0.2) is 5.78 Å². The molecule has 0 spiro atoms. The van der Waals surface area contributed by atoms with Crippen LogP contribution in [0.15, 0.2) is 12.1 Å². The predicted molar refractivity (Wildman–Crippen MR) is 69.2 cm³/mol. The molecule has 1 aromatic rings. The quantitative estimate of drug-likeness (QED) is 0.776. The van der Waals surface area contributed by atoms with Gasteiger partial charge in [-0.1, -0.05) is 43.7 Å². The van der Waals surface area contributed by atoms with Crippen molar-refractivity contribution in [3.63, 3.8) is 0 Å². The van der Waals surface area contributed by atoms with Gasteiger partial charge in [-0.3, -0.25) is 4.79 Å². The molecule has 1 fully saturated rings. The minimum atomic E-state index is 0.380. The zero-order chi connectivity index (χ0) is 11.4. The molecule has 0 aromatic carbocycles. The van der Waals surface area contributed by atoms with E-state index in [4.69, 9.17) is 11.6 Å². The second-order valence-electron chi connectivity index (χ2n) is 4.63. The van der Waals surface area contributed by atoms with E-state index in [9.17, 15) is 4.79 Å². The molecule has 0 unspecified atom stereocenters. The summed E-state index contributed by atoms with van der Waals surface area (Å²) in [5.74, 6) is 1.03. The molecule has 88 valence electrons. The summed E-state index contributed by atoms with van der Waals surface area (Å²) in [6.45, 7) is 0. The smallest absolute Gasteiger partial charge is 0.138 e. The molecule has 0 atom stereocenters. The molecule has 1 aliphatic rings. The highest BCUT2D eigenvalue weighted by molar-refractivity contribution is 7.16. The highest BCUT2D eigenvalue weighted by Gasteiger charge is 2.17. The molecule has 0 aliphatic heterocycles. The predicted octanol–water partition coefficient (Wildman–Crippen LogP) is 4.48.